The predicted octanol–water partition coefficient (Wildman–Crippen LogP) is 2.37. The molecule has 4 unspecified atom stereocenters. The van der Waals surface area contributed by atoms with Crippen LogP contribution < -0.4 is 5.32 Å². The summed E-state index contributed by atoms with van der Waals surface area (Å²) in [5.41, 5.74) is 0. The molecule has 1 aliphatic rings. The van der Waals surface area contributed by atoms with Gasteiger partial charge in [0.15, 0.2) is 0 Å². The van der Waals surface area contributed by atoms with Crippen LogP contribution in [0.4, 0.5) is 0 Å². The Morgan fingerprint density at radius 1 is 1.37 bits per heavy atom. The summed E-state index contributed by atoms with van der Waals surface area (Å²) >= 11 is 0. The summed E-state index contributed by atoms with van der Waals surface area (Å²) < 4.78 is 4.75. The highest BCUT2D eigenvalue weighted by molar-refractivity contribution is 5.70. The quantitative estimate of drug-likeness (QED) is 0.595. The minimum atomic E-state index is -0.250. The van der Waals surface area contributed by atoms with E-state index in [1.54, 1.807) is 0 Å². The molecule has 0 saturated heterocycles. The lowest BCUT2D eigenvalue weighted by molar-refractivity contribution is -0.142. The molecule has 4 nitrogen and oxygen atoms in total. The van der Waals surface area contributed by atoms with Crippen molar-refractivity contribution in [2.45, 2.75) is 52.5 Å². The molecule has 110 valence electrons. The smallest absolute Gasteiger partial charge is 0.307 e. The Morgan fingerprint density at radius 3 is 2.58 bits per heavy atom. The Bertz CT molecular complexity index is 304. The van der Waals surface area contributed by atoms with Crippen molar-refractivity contribution in [1.82, 2.24) is 5.32 Å². The van der Waals surface area contributed by atoms with Gasteiger partial charge in [-0.1, -0.05) is 27.2 Å². The Hall–Kier alpha value is -1.06. The highest BCUT2D eigenvalue weighted by Gasteiger charge is 2.36. The van der Waals surface area contributed by atoms with Crippen molar-refractivity contribution in [3.05, 3.63) is 0 Å². The largest absolute Gasteiger partial charge is 0.469 e. The average Bonchev–Trinajstić information content (AvgIpc) is 2.37. The third kappa shape index (κ3) is 4.51. The van der Waals surface area contributed by atoms with Gasteiger partial charge in [-0.05, 0) is 36.5 Å². The second-order valence-corrected chi connectivity index (χ2v) is 6.16. The normalized spacial score (nSPS) is 28.8. The van der Waals surface area contributed by atoms with Gasteiger partial charge in [0.2, 0.25) is 6.41 Å². The first-order valence-corrected chi connectivity index (χ1v) is 7.26. The van der Waals surface area contributed by atoms with Gasteiger partial charge in [-0.2, -0.15) is 0 Å². The Morgan fingerprint density at radius 2 is 2.05 bits per heavy atom. The van der Waals surface area contributed by atoms with Crippen LogP contribution >= 0.6 is 0 Å². The molecule has 0 bridgehead atoms. The molecule has 1 rings (SSSR count). The van der Waals surface area contributed by atoms with Gasteiger partial charge in [-0.25, -0.2) is 0 Å². The van der Waals surface area contributed by atoms with Gasteiger partial charge in [0.1, 0.15) is 0 Å². The number of hydrogen-bond donors (Lipinski definition) is 1. The number of carbonyl (C=O) groups is 2. The van der Waals surface area contributed by atoms with Crippen LogP contribution in [0.3, 0.4) is 0 Å². The number of nitrogens with one attached hydrogen (secondary N) is 1. The molecule has 1 N–H and O–H groups in total. The summed E-state index contributed by atoms with van der Waals surface area (Å²) in [7, 11) is 1.39. The first-order chi connectivity index (χ1) is 8.99. The molecule has 0 aromatic rings. The summed E-state index contributed by atoms with van der Waals surface area (Å²) in [6.07, 6.45) is 4.48. The Balaban J connectivity index is 2.81. The van der Waals surface area contributed by atoms with Crippen LogP contribution in [0, 0.1) is 23.7 Å². The second-order valence-electron chi connectivity index (χ2n) is 6.16. The zero-order chi connectivity index (χ0) is 14.4. The van der Waals surface area contributed by atoms with E-state index in [0.29, 0.717) is 30.1 Å². The number of methoxy groups -OCH3 is 1. The van der Waals surface area contributed by atoms with E-state index < -0.39 is 0 Å². The molecule has 4 heteroatoms. The van der Waals surface area contributed by atoms with Crippen molar-refractivity contribution in [3.8, 4) is 0 Å². The minimum absolute atomic E-state index is 0.0971. The molecule has 1 amide bonds. The molecule has 0 aromatic carbocycles. The summed E-state index contributed by atoms with van der Waals surface area (Å²) in [5, 5.41) is 2.84. The predicted molar refractivity (Wildman–Crippen MR) is 74.5 cm³/mol. The van der Waals surface area contributed by atoms with Crippen molar-refractivity contribution in [1.29, 1.82) is 0 Å². The van der Waals surface area contributed by atoms with E-state index in [1.807, 2.05) is 0 Å². The second kappa shape index (κ2) is 7.51. The molecule has 0 aromatic heterocycles. The van der Waals surface area contributed by atoms with Crippen LogP contribution in [-0.4, -0.2) is 25.5 Å². The lowest BCUT2D eigenvalue weighted by atomic mass is 9.67. The van der Waals surface area contributed by atoms with Gasteiger partial charge >= 0.3 is 5.97 Å². The lowest BCUT2D eigenvalue weighted by Crippen LogP contribution is -2.44. The summed E-state index contributed by atoms with van der Waals surface area (Å²) in [5.74, 6) is 1.92. The van der Waals surface area contributed by atoms with Crippen LogP contribution in [0.5, 0.6) is 0 Å². The molecule has 0 heterocycles. The van der Waals surface area contributed by atoms with E-state index in [-0.39, 0.29) is 18.4 Å². The van der Waals surface area contributed by atoms with Gasteiger partial charge in [0.05, 0.1) is 13.5 Å². The van der Waals surface area contributed by atoms with Gasteiger partial charge < -0.3 is 10.1 Å². The van der Waals surface area contributed by atoms with E-state index in [2.05, 4.69) is 26.1 Å². The first-order valence-electron chi connectivity index (χ1n) is 7.26. The zero-order valence-electron chi connectivity index (χ0n) is 12.5. The average molecular weight is 269 g/mol. The monoisotopic (exact) mass is 269 g/mol. The molecule has 4 atom stereocenters. The Labute approximate surface area is 116 Å². The van der Waals surface area contributed by atoms with Crippen molar-refractivity contribution in [3.63, 3.8) is 0 Å². The van der Waals surface area contributed by atoms with Crippen molar-refractivity contribution in [2.24, 2.45) is 23.7 Å². The van der Waals surface area contributed by atoms with E-state index in [9.17, 15) is 9.59 Å². The summed E-state index contributed by atoms with van der Waals surface area (Å²) in [6, 6.07) is -0.0971. The van der Waals surface area contributed by atoms with E-state index in [0.717, 1.165) is 6.42 Å². The van der Waals surface area contributed by atoms with Crippen LogP contribution in [0.15, 0.2) is 0 Å². The van der Waals surface area contributed by atoms with Crippen LogP contribution in [0.1, 0.15) is 46.5 Å². The molecular formula is C15H27NO3. The number of rotatable bonds is 6. The van der Waals surface area contributed by atoms with E-state index in [1.165, 1.54) is 20.0 Å². The van der Waals surface area contributed by atoms with E-state index in [4.69, 9.17) is 4.74 Å². The maximum Gasteiger partial charge on any atom is 0.307 e. The zero-order valence-corrected chi connectivity index (χ0v) is 12.5. The van der Waals surface area contributed by atoms with Crippen LogP contribution in [0.25, 0.3) is 0 Å². The summed E-state index contributed by atoms with van der Waals surface area (Å²) in [6.45, 7) is 6.70. The van der Waals surface area contributed by atoms with Gasteiger partial charge in [0, 0.05) is 6.04 Å². The van der Waals surface area contributed by atoms with E-state index >= 15 is 0 Å². The topological polar surface area (TPSA) is 55.4 Å². The molecule has 1 aliphatic carbocycles. The third-order valence-electron chi connectivity index (χ3n) is 4.49. The van der Waals surface area contributed by atoms with Crippen LogP contribution in [0.2, 0.25) is 0 Å². The van der Waals surface area contributed by atoms with Gasteiger partial charge in [-0.3, -0.25) is 9.59 Å². The standard InChI is InChI=1S/C15H27NO3/c1-10(2)12-6-5-11(3)7-13(12)14(16-9-17)8-15(18)19-4/h9-14H,5-8H2,1-4H3,(H,16,17). The highest BCUT2D eigenvalue weighted by atomic mass is 16.5. The SMILES string of the molecule is COC(=O)CC(NC=O)C1CC(C)CCC1C(C)C. The molecule has 0 aliphatic heterocycles. The van der Waals surface area contributed by atoms with Gasteiger partial charge in [0.25, 0.3) is 0 Å². The number of carbonyl (C=O) groups excluding carboxylic acids is 2. The highest BCUT2D eigenvalue weighted by Crippen LogP contribution is 2.40. The van der Waals surface area contributed by atoms with Gasteiger partial charge in [-0.15, -0.1) is 0 Å². The molecular weight excluding hydrogens is 242 g/mol. The first kappa shape index (κ1) is 16.0. The fourth-order valence-corrected chi connectivity index (χ4v) is 3.42. The fourth-order valence-electron chi connectivity index (χ4n) is 3.42. The molecule has 0 spiro atoms. The maximum absolute atomic E-state index is 11.5. The number of amides is 1. The van der Waals surface area contributed by atoms with Crippen molar-refractivity contribution < 1.29 is 14.3 Å². The molecule has 1 saturated carbocycles. The fraction of sp³-hybridized carbons (Fsp3) is 0.867. The maximum atomic E-state index is 11.5. The molecule has 19 heavy (non-hydrogen) atoms. The summed E-state index contributed by atoms with van der Waals surface area (Å²) in [4.78, 5) is 22.3. The van der Waals surface area contributed by atoms with Crippen molar-refractivity contribution in [2.75, 3.05) is 7.11 Å². The number of esters is 1. The molecule has 1 fully saturated rings. The number of hydrogen-bond acceptors (Lipinski definition) is 3. The van der Waals surface area contributed by atoms with Crippen LogP contribution in [-0.2, 0) is 14.3 Å². The number of ether oxygens (including phenoxy) is 1. The Kier molecular flexibility index (Phi) is 6.32. The third-order valence-corrected chi connectivity index (χ3v) is 4.49. The lowest BCUT2D eigenvalue weighted by Gasteiger charge is -2.41. The minimum Gasteiger partial charge on any atom is -0.469 e. The van der Waals surface area contributed by atoms with Crippen molar-refractivity contribution >= 4 is 12.4 Å². The molecule has 0 radical (unpaired) electrons.